The summed E-state index contributed by atoms with van der Waals surface area (Å²) < 4.78 is 19.6. The molecule has 5 aromatic rings. The summed E-state index contributed by atoms with van der Waals surface area (Å²) in [6.07, 6.45) is 1.72. The van der Waals surface area contributed by atoms with Gasteiger partial charge in [-0.3, -0.25) is 0 Å². The first-order valence-corrected chi connectivity index (χ1v) is 11.8. The number of ether oxygens (including phenoxy) is 1. The first-order valence-electron chi connectivity index (χ1n) is 11.8. The van der Waals surface area contributed by atoms with E-state index in [0.717, 1.165) is 27.9 Å². The van der Waals surface area contributed by atoms with Crippen LogP contribution in [0.1, 0.15) is 5.56 Å². The molecule has 2 aromatic heterocycles. The van der Waals surface area contributed by atoms with E-state index in [4.69, 9.17) is 4.74 Å². The van der Waals surface area contributed by atoms with Gasteiger partial charge in [-0.1, -0.05) is 36.4 Å². The summed E-state index contributed by atoms with van der Waals surface area (Å²) in [5.41, 5.74) is 4.88. The van der Waals surface area contributed by atoms with Crippen molar-refractivity contribution < 1.29 is 13.9 Å². The number of nitrogens with one attached hydrogen (secondary N) is 3. The van der Waals surface area contributed by atoms with Crippen LogP contribution in [0.2, 0.25) is 0 Å². The average Bonchev–Trinajstić information content (AvgIpc) is 3.24. The standard InChI is InChI=1S/C29H26FN5O2/c1-35(2)18-24-26-25(15-16-31-28(26)34-27(24)19-7-4-3-5-8-19)37-23-13-11-21(12-14-23)32-29(36)33-22-10-6-9-20(30)17-22/h3-17H,18H2,1-2H3,(H,31,34)(H2,32,33,36). The van der Waals surface area contributed by atoms with Crippen molar-refractivity contribution in [3.63, 3.8) is 0 Å². The molecule has 0 aliphatic rings. The molecule has 0 spiro atoms. The van der Waals surface area contributed by atoms with E-state index in [0.29, 0.717) is 29.4 Å². The fraction of sp³-hybridized carbons (Fsp3) is 0.103. The Labute approximate surface area is 213 Å². The van der Waals surface area contributed by atoms with Gasteiger partial charge in [0.25, 0.3) is 0 Å². The van der Waals surface area contributed by atoms with Crippen molar-refractivity contribution in [3.05, 3.63) is 103 Å². The van der Waals surface area contributed by atoms with Gasteiger partial charge in [-0.05, 0) is 68.2 Å². The van der Waals surface area contributed by atoms with Crippen molar-refractivity contribution in [3.8, 4) is 22.8 Å². The number of carbonyl (C=O) groups is 1. The number of fused-ring (bicyclic) bond motifs is 1. The van der Waals surface area contributed by atoms with Crippen LogP contribution in [0, 0.1) is 5.82 Å². The molecule has 0 atom stereocenters. The molecule has 0 aliphatic heterocycles. The molecule has 186 valence electrons. The molecule has 0 fully saturated rings. The van der Waals surface area contributed by atoms with E-state index >= 15 is 0 Å². The second kappa shape index (κ2) is 10.5. The number of aromatic nitrogens is 2. The molecular formula is C29H26FN5O2. The fourth-order valence-electron chi connectivity index (χ4n) is 4.15. The van der Waals surface area contributed by atoms with Gasteiger partial charge in [0.15, 0.2) is 0 Å². The Morgan fingerprint density at radius 3 is 2.43 bits per heavy atom. The van der Waals surface area contributed by atoms with Gasteiger partial charge in [-0.2, -0.15) is 0 Å². The zero-order valence-corrected chi connectivity index (χ0v) is 20.5. The first-order chi connectivity index (χ1) is 18.0. The van der Waals surface area contributed by atoms with Crippen molar-refractivity contribution in [1.29, 1.82) is 0 Å². The van der Waals surface area contributed by atoms with E-state index in [9.17, 15) is 9.18 Å². The minimum atomic E-state index is -0.468. The molecule has 0 aliphatic carbocycles. The summed E-state index contributed by atoms with van der Waals surface area (Å²) >= 11 is 0. The predicted molar refractivity (Wildman–Crippen MR) is 144 cm³/mol. The normalized spacial score (nSPS) is 11.0. The number of amides is 2. The molecule has 3 aromatic carbocycles. The second-order valence-electron chi connectivity index (χ2n) is 8.83. The van der Waals surface area contributed by atoms with Gasteiger partial charge in [0.2, 0.25) is 0 Å². The van der Waals surface area contributed by atoms with Crippen molar-refractivity contribution >= 4 is 28.4 Å². The summed E-state index contributed by atoms with van der Waals surface area (Å²) in [5, 5.41) is 6.26. The molecule has 0 radical (unpaired) electrons. The second-order valence-corrected chi connectivity index (χ2v) is 8.83. The smallest absolute Gasteiger partial charge is 0.323 e. The van der Waals surface area contributed by atoms with Crippen LogP contribution in [0.25, 0.3) is 22.3 Å². The molecule has 7 nitrogen and oxygen atoms in total. The first kappa shape index (κ1) is 24.0. The number of aromatic amines is 1. The number of anilines is 2. The Bertz CT molecular complexity index is 1530. The van der Waals surface area contributed by atoms with E-state index in [1.807, 2.05) is 38.4 Å². The highest BCUT2D eigenvalue weighted by Gasteiger charge is 2.19. The van der Waals surface area contributed by atoms with Gasteiger partial charge in [-0.15, -0.1) is 0 Å². The maximum absolute atomic E-state index is 13.3. The van der Waals surface area contributed by atoms with Crippen LogP contribution in [0.3, 0.4) is 0 Å². The summed E-state index contributed by atoms with van der Waals surface area (Å²) in [6, 6.07) is 24.3. The van der Waals surface area contributed by atoms with Crippen LogP contribution in [0.4, 0.5) is 20.6 Å². The van der Waals surface area contributed by atoms with Crippen LogP contribution >= 0.6 is 0 Å². The highest BCUT2D eigenvalue weighted by molar-refractivity contribution is 5.99. The minimum Gasteiger partial charge on any atom is -0.457 e. The Balaban J connectivity index is 1.38. The predicted octanol–water partition coefficient (Wildman–Crippen LogP) is 6.87. The number of hydrogen-bond acceptors (Lipinski definition) is 4. The molecule has 0 saturated carbocycles. The van der Waals surface area contributed by atoms with Gasteiger partial charge < -0.3 is 25.3 Å². The maximum Gasteiger partial charge on any atom is 0.323 e. The number of nitrogens with zero attached hydrogens (tertiary/aromatic N) is 2. The van der Waals surface area contributed by atoms with E-state index in [2.05, 4.69) is 37.6 Å². The maximum atomic E-state index is 13.3. The summed E-state index contributed by atoms with van der Waals surface area (Å²) in [4.78, 5) is 22.4. The molecular weight excluding hydrogens is 469 g/mol. The molecule has 3 N–H and O–H groups in total. The van der Waals surface area contributed by atoms with Gasteiger partial charge in [-0.25, -0.2) is 14.2 Å². The molecule has 0 unspecified atom stereocenters. The number of rotatable bonds is 7. The van der Waals surface area contributed by atoms with Gasteiger partial charge in [0.05, 0.1) is 11.1 Å². The highest BCUT2D eigenvalue weighted by Crippen LogP contribution is 2.37. The van der Waals surface area contributed by atoms with E-state index < -0.39 is 11.8 Å². The molecule has 2 heterocycles. The average molecular weight is 496 g/mol. The fourth-order valence-corrected chi connectivity index (χ4v) is 4.15. The summed E-state index contributed by atoms with van der Waals surface area (Å²) in [7, 11) is 4.06. The SMILES string of the molecule is CN(C)Cc1c(-c2ccccc2)[nH]c2nccc(Oc3ccc(NC(=O)Nc4cccc(F)c4)cc3)c12. The molecule has 8 heteroatoms. The monoisotopic (exact) mass is 495 g/mol. The van der Waals surface area contributed by atoms with Crippen LogP contribution in [0.5, 0.6) is 11.5 Å². The molecule has 5 rings (SSSR count). The van der Waals surface area contributed by atoms with Gasteiger partial charge >= 0.3 is 6.03 Å². The molecule has 0 bridgehead atoms. The van der Waals surface area contributed by atoms with E-state index in [-0.39, 0.29) is 0 Å². The summed E-state index contributed by atoms with van der Waals surface area (Å²) in [6.45, 7) is 0.704. The Morgan fingerprint density at radius 1 is 0.946 bits per heavy atom. The number of hydrogen-bond donors (Lipinski definition) is 3. The third kappa shape index (κ3) is 5.60. The number of H-pyrrole nitrogens is 1. The number of pyridine rings is 1. The van der Waals surface area contributed by atoms with Crippen molar-refractivity contribution in [2.24, 2.45) is 0 Å². The van der Waals surface area contributed by atoms with Crippen LogP contribution in [-0.2, 0) is 6.54 Å². The van der Waals surface area contributed by atoms with Crippen LogP contribution < -0.4 is 15.4 Å². The van der Waals surface area contributed by atoms with Gasteiger partial charge in [0.1, 0.15) is 23.0 Å². The van der Waals surface area contributed by atoms with E-state index in [1.54, 1.807) is 36.5 Å². The van der Waals surface area contributed by atoms with Crippen LogP contribution in [-0.4, -0.2) is 35.0 Å². The lowest BCUT2D eigenvalue weighted by atomic mass is 10.1. The Kier molecular flexibility index (Phi) is 6.83. The third-order valence-electron chi connectivity index (χ3n) is 5.72. The highest BCUT2D eigenvalue weighted by atomic mass is 19.1. The number of urea groups is 1. The number of halogens is 1. The Morgan fingerprint density at radius 2 is 1.70 bits per heavy atom. The Hall–Kier alpha value is -4.69. The van der Waals surface area contributed by atoms with Crippen LogP contribution in [0.15, 0.2) is 91.1 Å². The topological polar surface area (TPSA) is 82.3 Å². The molecule has 0 saturated heterocycles. The zero-order chi connectivity index (χ0) is 25.8. The van der Waals surface area contributed by atoms with E-state index in [1.165, 1.54) is 18.2 Å². The molecule has 2 amide bonds. The zero-order valence-electron chi connectivity index (χ0n) is 20.5. The lowest BCUT2D eigenvalue weighted by Crippen LogP contribution is -2.19. The van der Waals surface area contributed by atoms with Crippen molar-refractivity contribution in [1.82, 2.24) is 14.9 Å². The number of carbonyl (C=O) groups excluding carboxylic acids is 1. The third-order valence-corrected chi connectivity index (χ3v) is 5.72. The lowest BCUT2D eigenvalue weighted by Gasteiger charge is -2.13. The quantitative estimate of drug-likeness (QED) is 0.230. The number of benzene rings is 3. The lowest BCUT2D eigenvalue weighted by molar-refractivity contribution is 0.262. The molecule has 37 heavy (non-hydrogen) atoms. The van der Waals surface area contributed by atoms with Crippen molar-refractivity contribution in [2.75, 3.05) is 24.7 Å². The summed E-state index contributed by atoms with van der Waals surface area (Å²) in [5.74, 6) is 0.878. The largest absolute Gasteiger partial charge is 0.457 e. The van der Waals surface area contributed by atoms with Gasteiger partial charge in [0, 0.05) is 29.7 Å². The minimum absolute atomic E-state index is 0.370. The van der Waals surface area contributed by atoms with Crippen molar-refractivity contribution in [2.45, 2.75) is 6.54 Å².